The van der Waals surface area contributed by atoms with E-state index in [1.807, 2.05) is 0 Å². The topological polar surface area (TPSA) is 68.9 Å². The molecule has 0 saturated heterocycles. The van der Waals surface area contributed by atoms with Crippen molar-refractivity contribution in [1.29, 1.82) is 5.26 Å². The van der Waals surface area contributed by atoms with Crippen molar-refractivity contribution in [3.63, 3.8) is 0 Å². The summed E-state index contributed by atoms with van der Waals surface area (Å²) in [6.45, 7) is 0.725. The first-order valence-corrected chi connectivity index (χ1v) is 5.57. The van der Waals surface area contributed by atoms with E-state index in [0.717, 1.165) is 25.8 Å². The molecule has 2 atom stereocenters. The highest BCUT2D eigenvalue weighted by atomic mass is 16.3. The highest BCUT2D eigenvalue weighted by molar-refractivity contribution is 5.42. The molecule has 0 aromatic carbocycles. The minimum Gasteiger partial charge on any atom is -0.393 e. The van der Waals surface area contributed by atoms with Crippen molar-refractivity contribution in [2.75, 3.05) is 11.9 Å². The molecule has 1 saturated carbocycles. The maximum absolute atomic E-state index is 9.65. The van der Waals surface area contributed by atoms with Crippen LogP contribution >= 0.6 is 0 Å². The molecule has 0 spiro atoms. The lowest BCUT2D eigenvalue weighted by Gasteiger charge is -2.15. The van der Waals surface area contributed by atoms with Gasteiger partial charge in [0.05, 0.1) is 17.7 Å². The third-order valence-electron chi connectivity index (χ3n) is 3.05. The molecule has 16 heavy (non-hydrogen) atoms. The molecule has 1 aromatic rings. The third kappa shape index (κ3) is 2.50. The van der Waals surface area contributed by atoms with Crippen molar-refractivity contribution in [3.05, 3.63) is 23.9 Å². The van der Waals surface area contributed by atoms with Gasteiger partial charge in [-0.25, -0.2) is 4.98 Å². The number of pyridine rings is 1. The highest BCUT2D eigenvalue weighted by Gasteiger charge is 2.24. The zero-order valence-corrected chi connectivity index (χ0v) is 9.06. The molecule has 84 valence electrons. The minimum absolute atomic E-state index is 0.188. The Balaban J connectivity index is 1.92. The Bertz CT molecular complexity index is 399. The first-order valence-electron chi connectivity index (χ1n) is 5.57. The Kier molecular flexibility index (Phi) is 3.37. The van der Waals surface area contributed by atoms with Crippen LogP contribution in [-0.2, 0) is 0 Å². The molecule has 0 aliphatic heterocycles. The molecule has 1 fully saturated rings. The SMILES string of the molecule is N#Cc1ccnc(NCC2CCCC2O)c1. The maximum atomic E-state index is 9.65. The fraction of sp³-hybridized carbons (Fsp3) is 0.500. The summed E-state index contributed by atoms with van der Waals surface area (Å²) in [6.07, 6.45) is 4.49. The van der Waals surface area contributed by atoms with Gasteiger partial charge in [-0.15, -0.1) is 0 Å². The van der Waals surface area contributed by atoms with Crippen molar-refractivity contribution in [2.24, 2.45) is 5.92 Å². The molecule has 2 unspecified atom stereocenters. The first kappa shape index (κ1) is 10.9. The van der Waals surface area contributed by atoms with Crippen LogP contribution in [0.4, 0.5) is 5.82 Å². The maximum Gasteiger partial charge on any atom is 0.127 e. The molecule has 4 nitrogen and oxygen atoms in total. The molecule has 0 radical (unpaired) electrons. The predicted octanol–water partition coefficient (Wildman–Crippen LogP) is 1.53. The molecule has 4 heteroatoms. The van der Waals surface area contributed by atoms with Crippen LogP contribution in [0, 0.1) is 17.2 Å². The van der Waals surface area contributed by atoms with E-state index in [-0.39, 0.29) is 6.10 Å². The molecule has 1 aliphatic carbocycles. The smallest absolute Gasteiger partial charge is 0.127 e. The average molecular weight is 217 g/mol. The van der Waals surface area contributed by atoms with Gasteiger partial charge in [-0.05, 0) is 25.0 Å². The molecule has 1 aromatic heterocycles. The van der Waals surface area contributed by atoms with E-state index in [2.05, 4.69) is 16.4 Å². The summed E-state index contributed by atoms with van der Waals surface area (Å²) in [4.78, 5) is 4.13. The third-order valence-corrected chi connectivity index (χ3v) is 3.05. The fourth-order valence-corrected chi connectivity index (χ4v) is 2.09. The van der Waals surface area contributed by atoms with Crippen molar-refractivity contribution in [1.82, 2.24) is 4.98 Å². The van der Waals surface area contributed by atoms with Gasteiger partial charge in [0.25, 0.3) is 0 Å². The van der Waals surface area contributed by atoms with Crippen LogP contribution in [0.15, 0.2) is 18.3 Å². The standard InChI is InChI=1S/C12H15N3O/c13-7-9-4-5-14-12(6-9)15-8-10-2-1-3-11(10)16/h4-6,10-11,16H,1-3,8H2,(H,14,15). The summed E-state index contributed by atoms with van der Waals surface area (Å²) in [7, 11) is 0. The number of nitrogens with zero attached hydrogens (tertiary/aromatic N) is 2. The van der Waals surface area contributed by atoms with Crippen molar-refractivity contribution in [3.8, 4) is 6.07 Å². The summed E-state index contributed by atoms with van der Waals surface area (Å²) in [5.41, 5.74) is 0.601. The number of rotatable bonds is 3. The van der Waals surface area contributed by atoms with Crippen LogP contribution in [0.1, 0.15) is 24.8 Å². The predicted molar refractivity (Wildman–Crippen MR) is 60.8 cm³/mol. The molecule has 1 aliphatic rings. The number of nitriles is 1. The number of nitrogens with one attached hydrogen (secondary N) is 1. The van der Waals surface area contributed by atoms with Gasteiger partial charge in [-0.1, -0.05) is 6.42 Å². The van der Waals surface area contributed by atoms with Gasteiger partial charge in [0, 0.05) is 18.7 Å². The highest BCUT2D eigenvalue weighted by Crippen LogP contribution is 2.25. The largest absolute Gasteiger partial charge is 0.393 e. The van der Waals surface area contributed by atoms with Gasteiger partial charge < -0.3 is 10.4 Å². The Morgan fingerprint density at radius 2 is 2.44 bits per heavy atom. The lowest BCUT2D eigenvalue weighted by molar-refractivity contribution is 0.138. The number of aliphatic hydroxyl groups is 1. The molecule has 0 bridgehead atoms. The second kappa shape index (κ2) is 4.95. The van der Waals surface area contributed by atoms with Gasteiger partial charge in [0.2, 0.25) is 0 Å². The molecule has 2 N–H and O–H groups in total. The monoisotopic (exact) mass is 217 g/mol. The van der Waals surface area contributed by atoms with Gasteiger partial charge >= 0.3 is 0 Å². The first-order chi connectivity index (χ1) is 7.79. The van der Waals surface area contributed by atoms with E-state index in [4.69, 9.17) is 5.26 Å². The summed E-state index contributed by atoms with van der Waals surface area (Å²) < 4.78 is 0. The number of aromatic nitrogens is 1. The summed E-state index contributed by atoms with van der Waals surface area (Å²) >= 11 is 0. The van der Waals surface area contributed by atoms with Gasteiger partial charge in [-0.3, -0.25) is 0 Å². The van der Waals surface area contributed by atoms with E-state index in [1.165, 1.54) is 0 Å². The van der Waals surface area contributed by atoms with E-state index in [9.17, 15) is 5.11 Å². The zero-order valence-electron chi connectivity index (χ0n) is 9.06. The minimum atomic E-state index is -0.188. The van der Waals surface area contributed by atoms with Gasteiger partial charge in [0.1, 0.15) is 5.82 Å². The lowest BCUT2D eigenvalue weighted by atomic mass is 10.1. The molecular weight excluding hydrogens is 202 g/mol. The Hall–Kier alpha value is -1.60. The number of aliphatic hydroxyl groups excluding tert-OH is 1. The van der Waals surface area contributed by atoms with E-state index in [0.29, 0.717) is 17.3 Å². The van der Waals surface area contributed by atoms with Crippen molar-refractivity contribution < 1.29 is 5.11 Å². The molecular formula is C12H15N3O. The summed E-state index contributed by atoms with van der Waals surface area (Å²) in [6, 6.07) is 5.47. The Morgan fingerprint density at radius 1 is 1.56 bits per heavy atom. The van der Waals surface area contributed by atoms with Crippen molar-refractivity contribution in [2.45, 2.75) is 25.4 Å². The Morgan fingerprint density at radius 3 is 3.12 bits per heavy atom. The van der Waals surface area contributed by atoms with Crippen LogP contribution in [0.3, 0.4) is 0 Å². The summed E-state index contributed by atoms with van der Waals surface area (Å²) in [5.74, 6) is 1.02. The lowest BCUT2D eigenvalue weighted by Crippen LogP contribution is -2.22. The number of hydrogen-bond acceptors (Lipinski definition) is 4. The Labute approximate surface area is 94.9 Å². The normalized spacial score (nSPS) is 24.0. The summed E-state index contributed by atoms with van der Waals surface area (Å²) in [5, 5.41) is 21.6. The van der Waals surface area contributed by atoms with Crippen LogP contribution in [-0.4, -0.2) is 22.7 Å². The second-order valence-electron chi connectivity index (χ2n) is 4.18. The van der Waals surface area contributed by atoms with Crippen LogP contribution in [0.2, 0.25) is 0 Å². The van der Waals surface area contributed by atoms with Gasteiger partial charge in [0.15, 0.2) is 0 Å². The van der Waals surface area contributed by atoms with E-state index < -0.39 is 0 Å². The van der Waals surface area contributed by atoms with Crippen LogP contribution < -0.4 is 5.32 Å². The van der Waals surface area contributed by atoms with E-state index in [1.54, 1.807) is 18.3 Å². The second-order valence-corrected chi connectivity index (χ2v) is 4.18. The van der Waals surface area contributed by atoms with Gasteiger partial charge in [-0.2, -0.15) is 5.26 Å². The number of anilines is 1. The fourth-order valence-electron chi connectivity index (χ4n) is 2.09. The average Bonchev–Trinajstić information content (AvgIpc) is 2.72. The van der Waals surface area contributed by atoms with Crippen LogP contribution in [0.25, 0.3) is 0 Å². The molecule has 2 rings (SSSR count). The molecule has 0 amide bonds. The quantitative estimate of drug-likeness (QED) is 0.805. The number of hydrogen-bond donors (Lipinski definition) is 2. The molecule has 1 heterocycles. The van der Waals surface area contributed by atoms with Crippen LogP contribution in [0.5, 0.6) is 0 Å². The zero-order chi connectivity index (χ0) is 11.4. The van der Waals surface area contributed by atoms with E-state index >= 15 is 0 Å². The van der Waals surface area contributed by atoms with Crippen molar-refractivity contribution >= 4 is 5.82 Å².